The second-order valence-electron chi connectivity index (χ2n) is 4.40. The van der Waals surface area contributed by atoms with Crippen molar-refractivity contribution in [2.24, 2.45) is 0 Å². The van der Waals surface area contributed by atoms with E-state index >= 15 is 0 Å². The molecule has 2 aromatic carbocycles. The molecule has 0 aromatic heterocycles. The van der Waals surface area contributed by atoms with E-state index in [1.807, 2.05) is 18.2 Å². The number of benzene rings is 2. The van der Waals surface area contributed by atoms with Crippen LogP contribution in [0.5, 0.6) is 0 Å². The molecule has 0 N–H and O–H groups in total. The van der Waals surface area contributed by atoms with Crippen LogP contribution < -0.4 is 0 Å². The Bertz CT molecular complexity index is 677. The van der Waals surface area contributed by atoms with Gasteiger partial charge in [0.1, 0.15) is 0 Å². The van der Waals surface area contributed by atoms with Crippen LogP contribution in [0.3, 0.4) is 0 Å². The Kier molecular flexibility index (Phi) is 3.20. The lowest BCUT2D eigenvalue weighted by Crippen LogP contribution is -2.34. The molecule has 0 bridgehead atoms. The van der Waals surface area contributed by atoms with Gasteiger partial charge in [-0.05, 0) is 17.7 Å². The average molecular weight is 285 g/mol. The number of amides is 2. The number of fused-ring (bicyclic) bond motifs is 1. The predicted octanol–water partition coefficient (Wildman–Crippen LogP) is 1.93. The van der Waals surface area contributed by atoms with Crippen LogP contribution in [0.2, 0.25) is 0 Å². The van der Waals surface area contributed by atoms with Crippen molar-refractivity contribution in [3.05, 3.63) is 65.7 Å². The maximum Gasteiger partial charge on any atom is 0.274 e. The van der Waals surface area contributed by atoms with Gasteiger partial charge in [-0.1, -0.05) is 42.5 Å². The van der Waals surface area contributed by atoms with Crippen LogP contribution in [0.15, 0.2) is 59.5 Å². The van der Waals surface area contributed by atoms with E-state index in [0.29, 0.717) is 10.5 Å². The van der Waals surface area contributed by atoms with Crippen molar-refractivity contribution in [2.45, 2.75) is 11.3 Å². The zero-order valence-electron chi connectivity index (χ0n) is 10.5. The van der Waals surface area contributed by atoms with Crippen LogP contribution in [-0.4, -0.2) is 20.3 Å². The lowest BCUT2D eigenvalue weighted by molar-refractivity contribution is -0.123. The summed E-state index contributed by atoms with van der Waals surface area (Å²) in [5.74, 6) is -0.935. The third kappa shape index (κ3) is 2.06. The molecule has 5 heteroatoms. The van der Waals surface area contributed by atoms with Gasteiger partial charge in [0.2, 0.25) is 5.91 Å². The quantitative estimate of drug-likeness (QED) is 0.847. The zero-order chi connectivity index (χ0) is 14.1. The van der Waals surface area contributed by atoms with Crippen LogP contribution in [-0.2, 0) is 22.2 Å². The summed E-state index contributed by atoms with van der Waals surface area (Å²) in [6.45, 7) is 0. The lowest BCUT2D eigenvalue weighted by Gasteiger charge is -2.11. The van der Waals surface area contributed by atoms with E-state index in [0.717, 1.165) is 9.87 Å². The van der Waals surface area contributed by atoms with Crippen molar-refractivity contribution < 1.29 is 13.8 Å². The minimum Gasteiger partial charge on any atom is -0.273 e. The van der Waals surface area contributed by atoms with Gasteiger partial charge in [-0.25, -0.2) is 4.21 Å². The third-order valence-electron chi connectivity index (χ3n) is 3.08. The van der Waals surface area contributed by atoms with Crippen molar-refractivity contribution in [3.63, 3.8) is 0 Å². The third-order valence-corrected chi connectivity index (χ3v) is 4.51. The number of carbonyl (C=O) groups is 2. The van der Waals surface area contributed by atoms with Crippen LogP contribution in [0.1, 0.15) is 15.9 Å². The van der Waals surface area contributed by atoms with Gasteiger partial charge in [0.25, 0.3) is 5.91 Å². The summed E-state index contributed by atoms with van der Waals surface area (Å²) in [6.07, 6.45) is 0.0618. The van der Waals surface area contributed by atoms with Crippen molar-refractivity contribution in [1.82, 2.24) is 4.31 Å². The molecule has 1 aliphatic heterocycles. The number of hydrogen-bond donors (Lipinski definition) is 0. The fourth-order valence-electron chi connectivity index (χ4n) is 2.13. The Morgan fingerprint density at radius 1 is 1.00 bits per heavy atom. The smallest absolute Gasteiger partial charge is 0.273 e. The number of nitrogens with zero attached hydrogens (tertiary/aromatic N) is 1. The molecule has 2 aromatic rings. The molecule has 1 aliphatic rings. The summed E-state index contributed by atoms with van der Waals surface area (Å²) in [7, 11) is -1.74. The Morgan fingerprint density at radius 2 is 1.65 bits per heavy atom. The molecule has 3 rings (SSSR count). The molecule has 4 nitrogen and oxygen atoms in total. The van der Waals surface area contributed by atoms with Crippen LogP contribution in [0.4, 0.5) is 0 Å². The molecule has 1 heterocycles. The van der Waals surface area contributed by atoms with Crippen molar-refractivity contribution in [3.8, 4) is 0 Å². The first kappa shape index (κ1) is 12.7. The van der Waals surface area contributed by atoms with Gasteiger partial charge in [0, 0.05) is 0 Å². The number of imide groups is 1. The highest BCUT2D eigenvalue weighted by Gasteiger charge is 2.38. The maximum absolute atomic E-state index is 12.2. The molecule has 0 aliphatic carbocycles. The molecular formula is C15H11NO3S. The van der Waals surface area contributed by atoms with Gasteiger partial charge in [-0.15, -0.1) is 0 Å². The van der Waals surface area contributed by atoms with E-state index in [4.69, 9.17) is 0 Å². The molecule has 100 valence electrons. The van der Waals surface area contributed by atoms with Gasteiger partial charge >= 0.3 is 0 Å². The predicted molar refractivity (Wildman–Crippen MR) is 74.2 cm³/mol. The number of carbonyl (C=O) groups excluding carboxylic acids is 2. The largest absolute Gasteiger partial charge is 0.274 e. The van der Waals surface area contributed by atoms with Gasteiger partial charge in [0.05, 0.1) is 16.9 Å². The molecule has 2 amide bonds. The second kappa shape index (κ2) is 5.02. The second-order valence-corrected chi connectivity index (χ2v) is 5.70. The standard InChI is InChI=1S/C15H11NO3S/c17-14(10-11-6-2-1-3-7-11)16-15(18)12-8-4-5-9-13(12)20(16)19/h1-9H,10H2. The molecule has 0 saturated heterocycles. The van der Waals surface area contributed by atoms with Crippen molar-refractivity contribution >= 4 is 22.8 Å². The van der Waals surface area contributed by atoms with Gasteiger partial charge in [-0.3, -0.25) is 9.59 Å². The lowest BCUT2D eigenvalue weighted by atomic mass is 10.1. The Hall–Kier alpha value is -2.27. The Morgan fingerprint density at radius 3 is 2.35 bits per heavy atom. The summed E-state index contributed by atoms with van der Waals surface area (Å²) in [5, 5.41) is 0. The molecule has 1 unspecified atom stereocenters. The fraction of sp³-hybridized carbons (Fsp3) is 0.0667. The highest BCUT2D eigenvalue weighted by molar-refractivity contribution is 7.84. The molecule has 0 radical (unpaired) electrons. The summed E-state index contributed by atoms with van der Waals surface area (Å²) >= 11 is 0. The minimum atomic E-state index is -1.74. The molecule has 0 spiro atoms. The van der Waals surface area contributed by atoms with E-state index in [9.17, 15) is 13.8 Å². The normalized spacial score (nSPS) is 17.1. The summed E-state index contributed by atoms with van der Waals surface area (Å²) in [5.41, 5.74) is 1.13. The van der Waals surface area contributed by atoms with Crippen LogP contribution >= 0.6 is 0 Å². The topological polar surface area (TPSA) is 54.5 Å². The van der Waals surface area contributed by atoms with Crippen LogP contribution in [0.25, 0.3) is 0 Å². The van der Waals surface area contributed by atoms with Crippen molar-refractivity contribution in [2.75, 3.05) is 0 Å². The van der Waals surface area contributed by atoms with Crippen molar-refractivity contribution in [1.29, 1.82) is 0 Å². The van der Waals surface area contributed by atoms with E-state index in [-0.39, 0.29) is 6.42 Å². The highest BCUT2D eigenvalue weighted by atomic mass is 32.2. The average Bonchev–Trinajstić information content (AvgIpc) is 2.72. The Balaban J connectivity index is 1.88. The van der Waals surface area contributed by atoms with E-state index in [1.54, 1.807) is 36.4 Å². The molecule has 0 saturated carbocycles. The first-order valence-corrected chi connectivity index (χ1v) is 7.21. The zero-order valence-corrected chi connectivity index (χ0v) is 11.3. The molecule has 1 atom stereocenters. The number of hydrogen-bond acceptors (Lipinski definition) is 3. The molecular weight excluding hydrogens is 274 g/mol. The highest BCUT2D eigenvalue weighted by Crippen LogP contribution is 2.27. The summed E-state index contributed by atoms with van der Waals surface area (Å²) < 4.78 is 13.1. The van der Waals surface area contributed by atoms with E-state index in [2.05, 4.69) is 0 Å². The first-order valence-electron chi connectivity index (χ1n) is 6.10. The monoisotopic (exact) mass is 285 g/mol. The SMILES string of the molecule is O=C(Cc1ccccc1)N1C(=O)c2ccccc2S1=O. The fourth-order valence-corrected chi connectivity index (χ4v) is 3.36. The summed E-state index contributed by atoms with van der Waals surface area (Å²) in [6, 6.07) is 15.7. The molecule has 20 heavy (non-hydrogen) atoms. The maximum atomic E-state index is 12.2. The molecule has 0 fully saturated rings. The number of rotatable bonds is 2. The first-order chi connectivity index (χ1) is 9.68. The van der Waals surface area contributed by atoms with E-state index in [1.165, 1.54) is 0 Å². The Labute approximate surface area is 118 Å². The van der Waals surface area contributed by atoms with Crippen LogP contribution in [0, 0.1) is 0 Å². The van der Waals surface area contributed by atoms with Gasteiger partial charge < -0.3 is 0 Å². The summed E-state index contributed by atoms with van der Waals surface area (Å²) in [4.78, 5) is 24.8. The minimum absolute atomic E-state index is 0.0618. The van der Waals surface area contributed by atoms with Gasteiger partial charge in [0.15, 0.2) is 11.0 Å². The van der Waals surface area contributed by atoms with E-state index < -0.39 is 22.8 Å². The van der Waals surface area contributed by atoms with Gasteiger partial charge in [-0.2, -0.15) is 4.31 Å².